The van der Waals surface area contributed by atoms with Gasteiger partial charge in [0.2, 0.25) is 23.6 Å². The van der Waals surface area contributed by atoms with Crippen LogP contribution in [0.25, 0.3) is 20.9 Å². The molecule has 0 aliphatic carbocycles. The van der Waals surface area contributed by atoms with Gasteiger partial charge < -0.3 is 40.8 Å². The van der Waals surface area contributed by atoms with Gasteiger partial charge in [-0.1, -0.05) is 83.3 Å². The molecule has 3 amide bonds. The molecule has 6 rings (SSSR count). The third-order valence-electron chi connectivity index (χ3n) is 9.00. The van der Waals surface area contributed by atoms with Crippen LogP contribution in [-0.2, 0) is 14.3 Å². The summed E-state index contributed by atoms with van der Waals surface area (Å²) in [5, 5.41) is 16.3. The first-order valence-electron chi connectivity index (χ1n) is 20.8. The number of amides is 3. The van der Waals surface area contributed by atoms with Gasteiger partial charge in [0.05, 0.1) is 28.9 Å². The summed E-state index contributed by atoms with van der Waals surface area (Å²) in [4.78, 5) is 65.9. The van der Waals surface area contributed by atoms with Gasteiger partial charge in [0.25, 0.3) is 0 Å². The molecule has 65 heavy (non-hydrogen) atoms. The van der Waals surface area contributed by atoms with Crippen molar-refractivity contribution in [3.8, 4) is 32.6 Å². The number of nitrogens with one attached hydrogen (secondary N) is 5. The van der Waals surface area contributed by atoms with Crippen molar-refractivity contribution in [1.29, 1.82) is 0 Å². The summed E-state index contributed by atoms with van der Waals surface area (Å²) in [6.07, 6.45) is 3.09. The summed E-state index contributed by atoms with van der Waals surface area (Å²) in [5.74, 6) is 2.71. The Morgan fingerprint density at radius 2 is 1.14 bits per heavy atom. The number of nitrogens with zero attached hydrogens (tertiary/aromatic N) is 7. The van der Waals surface area contributed by atoms with Crippen LogP contribution >= 0.6 is 22.7 Å². The number of benzene rings is 2. The van der Waals surface area contributed by atoms with Gasteiger partial charge in [-0.2, -0.15) is 9.97 Å². The minimum Gasteiger partial charge on any atom is -0.476 e. The summed E-state index contributed by atoms with van der Waals surface area (Å²) >= 11 is 3.06. The highest BCUT2D eigenvalue weighted by atomic mass is 32.1. The minimum absolute atomic E-state index is 0.0738. The average molecular weight is 925 g/mol. The van der Waals surface area contributed by atoms with Crippen molar-refractivity contribution in [3.05, 3.63) is 96.8 Å². The van der Waals surface area contributed by atoms with Crippen LogP contribution in [0.15, 0.2) is 85.2 Å². The van der Waals surface area contributed by atoms with Crippen molar-refractivity contribution in [2.24, 2.45) is 0 Å². The molecule has 20 heteroatoms. The van der Waals surface area contributed by atoms with Crippen LogP contribution < -0.4 is 36.1 Å². The molecule has 0 fully saturated rings. The van der Waals surface area contributed by atoms with Crippen molar-refractivity contribution in [2.75, 3.05) is 51.0 Å². The Balaban J connectivity index is 0.000000250. The van der Waals surface area contributed by atoms with Gasteiger partial charge in [-0.15, -0.1) is 0 Å². The van der Waals surface area contributed by atoms with E-state index in [-0.39, 0.29) is 31.0 Å². The van der Waals surface area contributed by atoms with E-state index in [1.165, 1.54) is 23.3 Å². The van der Waals surface area contributed by atoms with Crippen LogP contribution in [0.5, 0.6) is 11.8 Å². The van der Waals surface area contributed by atoms with Crippen molar-refractivity contribution >= 4 is 62.5 Å². The Morgan fingerprint density at radius 1 is 0.692 bits per heavy atom. The number of rotatable bonds is 18. The zero-order chi connectivity index (χ0) is 46.9. The molecule has 5 N–H and O–H groups in total. The number of hydrogen-bond donors (Lipinski definition) is 5. The Bertz CT molecular complexity index is 2460. The van der Waals surface area contributed by atoms with E-state index in [0.717, 1.165) is 26.0 Å². The van der Waals surface area contributed by atoms with E-state index in [4.69, 9.17) is 14.2 Å². The fourth-order valence-corrected chi connectivity index (χ4v) is 7.13. The van der Waals surface area contributed by atoms with Crippen LogP contribution in [0, 0.1) is 13.8 Å². The predicted octanol–water partition coefficient (Wildman–Crippen LogP) is 7.16. The van der Waals surface area contributed by atoms with E-state index >= 15 is 0 Å². The zero-order valence-corrected chi connectivity index (χ0v) is 39.6. The molecule has 0 aliphatic rings. The van der Waals surface area contributed by atoms with E-state index in [1.807, 2.05) is 73.1 Å². The van der Waals surface area contributed by atoms with Crippen LogP contribution in [0.1, 0.15) is 46.3 Å². The second kappa shape index (κ2) is 23.8. The normalized spacial score (nSPS) is 11.8. The number of thiazole rings is 2. The average Bonchev–Trinajstić information content (AvgIpc) is 3.95. The largest absolute Gasteiger partial charge is 0.476 e. The summed E-state index contributed by atoms with van der Waals surface area (Å²) in [6.45, 7) is 13.5. The molecular weight excluding hydrogens is 869 g/mol. The molecule has 0 radical (unpaired) electrons. The Labute approximate surface area is 387 Å². The number of aryl methyl sites for hydroxylation is 2. The van der Waals surface area contributed by atoms with E-state index in [2.05, 4.69) is 56.5 Å². The predicted molar refractivity (Wildman–Crippen MR) is 254 cm³/mol. The molecule has 4 heterocycles. The van der Waals surface area contributed by atoms with Crippen LogP contribution in [0.2, 0.25) is 0 Å². The van der Waals surface area contributed by atoms with E-state index in [0.29, 0.717) is 53.3 Å². The fourth-order valence-electron chi connectivity index (χ4n) is 5.47. The Morgan fingerprint density at radius 3 is 1.57 bits per heavy atom. The molecular formula is C45H56N12O6S2. The molecule has 0 unspecified atom stereocenters. The van der Waals surface area contributed by atoms with Gasteiger partial charge in [0, 0.05) is 31.6 Å². The van der Waals surface area contributed by atoms with Crippen molar-refractivity contribution < 1.29 is 28.6 Å². The maximum atomic E-state index is 12.4. The summed E-state index contributed by atoms with van der Waals surface area (Å²) in [5.41, 5.74) is 1.58. The number of carbonyl (C=O) groups excluding carboxylic acids is 3. The summed E-state index contributed by atoms with van der Waals surface area (Å²) < 4.78 is 16.7. The number of ether oxygens (including phenoxy) is 3. The SMILES string of the molecule is CN[C@@H](C)C(=O)NCCOc1cc(Nc2ncc(-c3ccccc3)s2)nc(C)n1.Cc1nc(Nc2ncc(-c3ccccc3)s2)cc(OCCNC(=O)[C@H](C)N(C)C(=O)OC(C)(C)C)n1. The van der Waals surface area contributed by atoms with Crippen molar-refractivity contribution in [3.63, 3.8) is 0 Å². The molecule has 0 spiro atoms. The summed E-state index contributed by atoms with van der Waals surface area (Å²) in [6, 6.07) is 22.6. The number of aromatic nitrogens is 6. The molecule has 2 aromatic carbocycles. The second-order valence-electron chi connectivity index (χ2n) is 15.4. The van der Waals surface area contributed by atoms with Crippen LogP contribution in [0.4, 0.5) is 26.7 Å². The molecule has 0 saturated carbocycles. The monoisotopic (exact) mass is 924 g/mol. The topological polar surface area (TPSA) is 220 Å². The quantitative estimate of drug-likeness (QED) is 0.0540. The van der Waals surface area contributed by atoms with Gasteiger partial charge in [-0.05, 0) is 66.6 Å². The Hall–Kier alpha value is -6.77. The molecule has 18 nitrogen and oxygen atoms in total. The maximum Gasteiger partial charge on any atom is 0.410 e. The van der Waals surface area contributed by atoms with Gasteiger partial charge >= 0.3 is 6.09 Å². The van der Waals surface area contributed by atoms with Crippen molar-refractivity contribution in [2.45, 2.75) is 66.2 Å². The molecule has 6 aromatic rings. The molecule has 0 aliphatic heterocycles. The maximum absolute atomic E-state index is 12.4. The van der Waals surface area contributed by atoms with Crippen molar-refractivity contribution in [1.82, 2.24) is 50.8 Å². The Kier molecular flexibility index (Phi) is 18.0. The standard InChI is InChI=1S/C25H32N6O4S.C20H24N6O2S/c1-16(31(6)24(33)35-25(3,4)5)22(32)26-12-13-34-21-14-20(28-17(2)29-21)30-23-27-15-19(36-23)18-10-8-7-9-11-18;1-13(21-3)19(27)22-9-10-28-18-11-17(24-14(2)25-18)26-20-23-12-16(29-20)15-7-5-4-6-8-15/h7-11,14-16H,12-13H2,1-6H3,(H,26,32)(H,27,28,29,30);4-8,11-13,21H,9-10H2,1-3H3,(H,22,27)(H,23,24,25,26)/t16-;13-/m00/s1. The lowest BCUT2D eigenvalue weighted by Crippen LogP contribution is -2.48. The van der Waals surface area contributed by atoms with E-state index in [1.54, 1.807) is 79.0 Å². The highest BCUT2D eigenvalue weighted by Gasteiger charge is 2.26. The van der Waals surface area contributed by atoms with Crippen LogP contribution in [-0.4, -0.2) is 111 Å². The lowest BCUT2D eigenvalue weighted by atomic mass is 10.2. The fraction of sp³-hybridized carbons (Fsp3) is 0.356. The number of likely N-dealkylation sites (N-methyl/N-ethyl adjacent to an activating group) is 2. The van der Waals surface area contributed by atoms with E-state index in [9.17, 15) is 14.4 Å². The molecule has 0 saturated heterocycles. The van der Waals surface area contributed by atoms with E-state index < -0.39 is 17.7 Å². The smallest absolute Gasteiger partial charge is 0.410 e. The van der Waals surface area contributed by atoms with Gasteiger partial charge in [0.15, 0.2) is 10.3 Å². The lowest BCUT2D eigenvalue weighted by molar-refractivity contribution is -0.125. The summed E-state index contributed by atoms with van der Waals surface area (Å²) in [7, 11) is 3.27. The number of anilines is 4. The van der Waals surface area contributed by atoms with Gasteiger partial charge in [-0.3, -0.25) is 14.5 Å². The molecule has 4 aromatic heterocycles. The highest BCUT2D eigenvalue weighted by molar-refractivity contribution is 7.19. The lowest BCUT2D eigenvalue weighted by Gasteiger charge is -2.28. The first-order valence-corrected chi connectivity index (χ1v) is 22.4. The third-order valence-corrected chi connectivity index (χ3v) is 10.9. The van der Waals surface area contributed by atoms with Gasteiger partial charge in [0.1, 0.15) is 48.1 Å². The third kappa shape index (κ3) is 16.1. The molecule has 0 bridgehead atoms. The number of carbonyl (C=O) groups is 3. The molecule has 344 valence electrons. The second-order valence-corrected chi connectivity index (χ2v) is 17.4. The minimum atomic E-state index is -0.698. The number of hydrogen-bond acceptors (Lipinski definition) is 17. The molecule has 2 atom stereocenters. The van der Waals surface area contributed by atoms with Crippen LogP contribution in [0.3, 0.4) is 0 Å². The van der Waals surface area contributed by atoms with Gasteiger partial charge in [-0.25, -0.2) is 24.7 Å². The first-order chi connectivity index (χ1) is 31.1. The first kappa shape index (κ1) is 49.2. The zero-order valence-electron chi connectivity index (χ0n) is 38.0. The highest BCUT2D eigenvalue weighted by Crippen LogP contribution is 2.32.